The van der Waals surface area contributed by atoms with Crippen molar-refractivity contribution in [3.8, 4) is 0 Å². The molecular formula is C6H13N. The van der Waals surface area contributed by atoms with Crippen LogP contribution in [0.1, 0.15) is 34.2 Å². The van der Waals surface area contributed by atoms with Crippen LogP contribution in [0.4, 0.5) is 0 Å². The molecule has 0 aliphatic carbocycles. The minimum atomic E-state index is -3.30. The summed E-state index contributed by atoms with van der Waals surface area (Å²) in [4.78, 5) is -0.323. The van der Waals surface area contributed by atoms with E-state index >= 15 is 0 Å². The van der Waals surface area contributed by atoms with Gasteiger partial charge in [0.2, 0.25) is 0 Å². The van der Waals surface area contributed by atoms with E-state index in [4.69, 9.17) is 15.1 Å². The van der Waals surface area contributed by atoms with E-state index < -0.39 is 39.1 Å². The first-order valence-corrected chi connectivity index (χ1v) is 1.88. The second-order valence-electron chi connectivity index (χ2n) is 1.09. The third-order valence-corrected chi connectivity index (χ3v) is 0.558. The van der Waals surface area contributed by atoms with Crippen LogP contribution in [0.3, 0.4) is 0 Å². The van der Waals surface area contributed by atoms with Crippen LogP contribution in [0, 0.1) is 0 Å². The van der Waals surface area contributed by atoms with Crippen LogP contribution >= 0.6 is 0 Å². The Kier molecular flexibility index (Phi) is 0.253. The maximum atomic E-state index is 7.52. The minimum absolute atomic E-state index is 0.323. The highest BCUT2D eigenvalue weighted by Gasteiger charge is 2.02. The van der Waals surface area contributed by atoms with Gasteiger partial charge in [0, 0.05) is 15.1 Å². The van der Waals surface area contributed by atoms with E-state index in [0.29, 0.717) is 0 Å². The van der Waals surface area contributed by atoms with Crippen molar-refractivity contribution in [2.24, 2.45) is 0 Å². The summed E-state index contributed by atoms with van der Waals surface area (Å²) in [6.45, 7) is -9.59. The first kappa shape index (κ1) is 0.766. The van der Waals surface area contributed by atoms with Gasteiger partial charge in [-0.15, -0.1) is 0 Å². The molecular weight excluding hydrogens is 86.1 g/mol. The van der Waals surface area contributed by atoms with E-state index in [1.807, 2.05) is 0 Å². The maximum Gasteiger partial charge on any atom is 0.0430 e. The lowest BCUT2D eigenvalue weighted by Gasteiger charge is -2.20. The van der Waals surface area contributed by atoms with E-state index in [9.17, 15) is 0 Å². The molecule has 1 aliphatic heterocycles. The summed E-state index contributed by atoms with van der Waals surface area (Å²) in [5.74, 6) is 0. The molecule has 1 heteroatoms. The number of rotatable bonds is 0. The van der Waals surface area contributed by atoms with Gasteiger partial charge in [-0.1, -0.05) is 6.42 Å². The highest BCUT2D eigenvalue weighted by atomic mass is 15.1. The Morgan fingerprint density at radius 1 is 1.57 bits per heavy atom. The Balaban J connectivity index is 3.48. The van der Waals surface area contributed by atoms with Crippen molar-refractivity contribution in [1.82, 2.24) is 4.90 Å². The maximum absolute atomic E-state index is 7.52. The van der Waals surface area contributed by atoms with E-state index in [0.717, 1.165) is 0 Å². The molecule has 1 heterocycles. The van der Waals surface area contributed by atoms with E-state index in [2.05, 4.69) is 0 Å². The lowest BCUT2D eigenvalue weighted by Crippen LogP contribution is -2.24. The highest BCUT2D eigenvalue weighted by Crippen LogP contribution is 2.04. The van der Waals surface area contributed by atoms with Gasteiger partial charge in [0.25, 0.3) is 0 Å². The van der Waals surface area contributed by atoms with Gasteiger partial charge in [0.15, 0.2) is 0 Å². The van der Waals surface area contributed by atoms with Crippen molar-refractivity contribution < 1.29 is 15.1 Å². The Bertz CT molecular complexity index is 316. The summed E-state index contributed by atoms with van der Waals surface area (Å²) in [7, 11) is 0. The zero-order valence-electron chi connectivity index (χ0n) is 14.7. The number of piperidine rings is 1. The second-order valence-corrected chi connectivity index (χ2v) is 1.09. The summed E-state index contributed by atoms with van der Waals surface area (Å²) in [6.07, 6.45) is -6.71. The summed E-state index contributed by atoms with van der Waals surface area (Å²) in [5, 5.41) is 0. The van der Waals surface area contributed by atoms with Crippen LogP contribution in [0.15, 0.2) is 0 Å². The fourth-order valence-corrected chi connectivity index (χ4v) is 0.309. The lowest BCUT2D eigenvalue weighted by atomic mass is 10.1. The SMILES string of the molecule is [2H]C([2H])([2H])N1C([2H])([2H])C([2H])([2H])CC([2H])([2H])C1([2H])[2H]. The number of likely N-dealkylation sites (tertiary alicyclic amines) is 1. The molecule has 0 atom stereocenters. The Morgan fingerprint density at radius 2 is 2.29 bits per heavy atom. The van der Waals surface area contributed by atoms with Crippen molar-refractivity contribution in [3.63, 3.8) is 0 Å². The topological polar surface area (TPSA) is 3.24 Å². The van der Waals surface area contributed by atoms with Crippen molar-refractivity contribution in [1.29, 1.82) is 0 Å². The van der Waals surface area contributed by atoms with Crippen LogP contribution < -0.4 is 0 Å². The predicted molar refractivity (Wildman–Crippen MR) is 31.3 cm³/mol. The zero-order valence-corrected chi connectivity index (χ0v) is 3.65. The molecule has 0 N–H and O–H groups in total. The molecule has 0 aromatic carbocycles. The lowest BCUT2D eigenvalue weighted by molar-refractivity contribution is 0.277. The van der Waals surface area contributed by atoms with Crippen molar-refractivity contribution in [3.05, 3.63) is 0 Å². The summed E-state index contributed by atoms with van der Waals surface area (Å²) >= 11 is 0. The average Bonchev–Trinajstić information content (AvgIpc) is 1.93. The first-order valence-electron chi connectivity index (χ1n) is 7.38. The summed E-state index contributed by atoms with van der Waals surface area (Å²) in [5.41, 5.74) is 0. The van der Waals surface area contributed by atoms with E-state index in [1.54, 1.807) is 0 Å². The van der Waals surface area contributed by atoms with Crippen LogP contribution in [0.25, 0.3) is 0 Å². The molecule has 1 rings (SSSR count). The van der Waals surface area contributed by atoms with E-state index in [-0.39, 0.29) is 4.90 Å². The minimum Gasteiger partial charge on any atom is -0.306 e. The van der Waals surface area contributed by atoms with Crippen LogP contribution in [-0.4, -0.2) is 24.9 Å². The number of hydrogen-bond acceptors (Lipinski definition) is 1. The Labute approximate surface area is 60.8 Å². The predicted octanol–water partition coefficient (Wildman–Crippen LogP) is 1.10. The number of nitrogens with zero attached hydrogens (tertiary/aromatic N) is 1. The van der Waals surface area contributed by atoms with Crippen LogP contribution in [0.2, 0.25) is 0 Å². The van der Waals surface area contributed by atoms with Gasteiger partial charge in [-0.3, -0.25) is 0 Å². The summed E-state index contributed by atoms with van der Waals surface area (Å²) < 4.78 is 81.4. The Morgan fingerprint density at radius 3 is 2.86 bits per heavy atom. The third kappa shape index (κ3) is 1.48. The standard InChI is InChI=1S/C6H13N/c1-7-5-3-2-4-6-7/h2-6H2,1H3/i1D3,3D2,4D2,5D2,6D2. The van der Waals surface area contributed by atoms with Crippen LogP contribution in [0.5, 0.6) is 0 Å². The molecule has 1 aliphatic rings. The molecule has 0 radical (unpaired) electrons. The van der Waals surface area contributed by atoms with Gasteiger partial charge >= 0.3 is 0 Å². The fraction of sp³-hybridized carbons (Fsp3) is 1.00. The fourth-order valence-electron chi connectivity index (χ4n) is 0.309. The molecule has 0 unspecified atom stereocenters. The van der Waals surface area contributed by atoms with Gasteiger partial charge in [-0.05, 0) is 32.7 Å². The van der Waals surface area contributed by atoms with Gasteiger partial charge in [0.05, 0.1) is 0 Å². The average molecular weight is 110 g/mol. The molecule has 0 aromatic heterocycles. The molecule has 42 valence electrons. The highest BCUT2D eigenvalue weighted by molar-refractivity contribution is 4.58. The van der Waals surface area contributed by atoms with Crippen molar-refractivity contribution in [2.75, 3.05) is 20.0 Å². The monoisotopic (exact) mass is 110 g/mol. The van der Waals surface area contributed by atoms with Gasteiger partial charge < -0.3 is 4.90 Å². The third-order valence-electron chi connectivity index (χ3n) is 0.558. The second kappa shape index (κ2) is 2.31. The quantitative estimate of drug-likeness (QED) is 0.451. The molecule has 0 bridgehead atoms. The van der Waals surface area contributed by atoms with Gasteiger partial charge in [-0.25, -0.2) is 0 Å². The largest absolute Gasteiger partial charge is 0.306 e. The smallest absolute Gasteiger partial charge is 0.0430 e. The van der Waals surface area contributed by atoms with E-state index in [1.165, 1.54) is 0 Å². The van der Waals surface area contributed by atoms with Crippen molar-refractivity contribution in [2.45, 2.75) is 19.2 Å². The van der Waals surface area contributed by atoms with Crippen LogP contribution in [-0.2, 0) is 0 Å². The molecule has 0 saturated carbocycles. The summed E-state index contributed by atoms with van der Waals surface area (Å²) in [6, 6.07) is 0. The van der Waals surface area contributed by atoms with Gasteiger partial charge in [0.1, 0.15) is 0 Å². The molecule has 1 saturated heterocycles. The van der Waals surface area contributed by atoms with Gasteiger partial charge in [-0.2, -0.15) is 0 Å². The van der Waals surface area contributed by atoms with Crippen molar-refractivity contribution >= 4 is 0 Å². The molecule has 0 aromatic rings. The Hall–Kier alpha value is -0.0400. The molecule has 0 spiro atoms. The molecule has 1 nitrogen and oxygen atoms in total. The zero-order chi connectivity index (χ0) is 14.8. The molecule has 0 amide bonds. The molecule has 7 heavy (non-hydrogen) atoms. The normalized spacial score (nSPS) is 79.1. The number of hydrogen-bond donors (Lipinski definition) is 0. The first-order chi connectivity index (χ1) is 7.57. The molecule has 1 fully saturated rings.